The number of amides is 1. The molecule has 8 nitrogen and oxygen atoms in total. The lowest BCUT2D eigenvalue weighted by Crippen LogP contribution is -2.49. The summed E-state index contributed by atoms with van der Waals surface area (Å²) in [6.45, 7) is 5.60. The fraction of sp³-hybridized carbons (Fsp3) is 0.368. The monoisotopic (exact) mass is 397 g/mol. The van der Waals surface area contributed by atoms with E-state index in [1.165, 1.54) is 0 Å². The van der Waals surface area contributed by atoms with Crippen molar-refractivity contribution in [3.05, 3.63) is 41.4 Å². The first-order valence-electron chi connectivity index (χ1n) is 9.35. The molecule has 0 saturated carbocycles. The molecule has 0 atom stereocenters. The van der Waals surface area contributed by atoms with E-state index in [2.05, 4.69) is 25.5 Å². The Bertz CT molecular complexity index is 928. The number of hydrogen-bond donors (Lipinski definition) is 1. The Kier molecular flexibility index (Phi) is 5.25. The van der Waals surface area contributed by atoms with Gasteiger partial charge in [-0.1, -0.05) is 6.07 Å². The Labute approximate surface area is 167 Å². The highest BCUT2D eigenvalue weighted by Gasteiger charge is 2.25. The zero-order valence-electron chi connectivity index (χ0n) is 16.0. The van der Waals surface area contributed by atoms with Crippen molar-refractivity contribution in [1.29, 1.82) is 0 Å². The van der Waals surface area contributed by atoms with Crippen LogP contribution in [0.1, 0.15) is 17.4 Å². The summed E-state index contributed by atoms with van der Waals surface area (Å²) in [6.07, 6.45) is 0. The third kappa shape index (κ3) is 3.70. The number of aromatic nitrogens is 4. The van der Waals surface area contributed by atoms with Gasteiger partial charge in [-0.15, -0.1) is 21.5 Å². The van der Waals surface area contributed by atoms with E-state index in [-0.39, 0.29) is 5.91 Å². The zero-order chi connectivity index (χ0) is 19.5. The van der Waals surface area contributed by atoms with Crippen molar-refractivity contribution in [3.8, 4) is 10.6 Å². The Morgan fingerprint density at radius 3 is 2.64 bits per heavy atom. The molecule has 1 N–H and O–H groups in total. The molecule has 28 heavy (non-hydrogen) atoms. The van der Waals surface area contributed by atoms with Crippen molar-refractivity contribution in [2.75, 3.05) is 42.9 Å². The van der Waals surface area contributed by atoms with Gasteiger partial charge in [-0.3, -0.25) is 9.48 Å². The minimum Gasteiger partial charge on any atom is -0.369 e. The minimum absolute atomic E-state index is 0.0195. The normalized spacial score (nSPS) is 14.4. The quantitative estimate of drug-likeness (QED) is 0.712. The van der Waals surface area contributed by atoms with Crippen molar-refractivity contribution in [3.63, 3.8) is 0 Å². The standard InChI is InChI=1S/C19H23N7OS/c1-3-20-17-6-7-18(22-21-17)25-8-10-26(11-9-25)19(27)15-13-14(23-24(15)2)16-5-4-12-28-16/h4-7,12-13H,3,8-11H2,1-2H3,(H,20,21). The fourth-order valence-electron chi connectivity index (χ4n) is 3.28. The Balaban J connectivity index is 1.40. The van der Waals surface area contributed by atoms with Crippen LogP contribution in [0.2, 0.25) is 0 Å². The van der Waals surface area contributed by atoms with Gasteiger partial charge in [0, 0.05) is 39.8 Å². The van der Waals surface area contributed by atoms with Crippen LogP contribution in [0.25, 0.3) is 10.6 Å². The van der Waals surface area contributed by atoms with Gasteiger partial charge in [0.2, 0.25) is 0 Å². The summed E-state index contributed by atoms with van der Waals surface area (Å²) in [4.78, 5) is 18.1. The second-order valence-corrected chi connectivity index (χ2v) is 7.55. The zero-order valence-corrected chi connectivity index (χ0v) is 16.8. The fourth-order valence-corrected chi connectivity index (χ4v) is 3.96. The molecule has 3 aromatic rings. The van der Waals surface area contributed by atoms with Crippen LogP contribution in [0.3, 0.4) is 0 Å². The number of carbonyl (C=O) groups is 1. The van der Waals surface area contributed by atoms with E-state index in [1.54, 1.807) is 16.0 Å². The van der Waals surface area contributed by atoms with Crippen LogP contribution in [0.5, 0.6) is 0 Å². The molecule has 1 aliphatic heterocycles. The van der Waals surface area contributed by atoms with Crippen LogP contribution in [-0.2, 0) is 7.05 Å². The molecule has 146 valence electrons. The van der Waals surface area contributed by atoms with E-state index in [1.807, 2.05) is 54.6 Å². The highest BCUT2D eigenvalue weighted by molar-refractivity contribution is 7.13. The smallest absolute Gasteiger partial charge is 0.272 e. The molecule has 1 amide bonds. The number of aryl methyl sites for hydroxylation is 1. The number of anilines is 2. The Morgan fingerprint density at radius 2 is 2.00 bits per heavy atom. The largest absolute Gasteiger partial charge is 0.369 e. The lowest BCUT2D eigenvalue weighted by molar-refractivity contribution is 0.0735. The third-order valence-corrected chi connectivity index (χ3v) is 5.66. The van der Waals surface area contributed by atoms with Gasteiger partial charge in [0.15, 0.2) is 5.82 Å². The van der Waals surface area contributed by atoms with Crippen LogP contribution >= 0.6 is 11.3 Å². The van der Waals surface area contributed by atoms with E-state index in [9.17, 15) is 4.79 Å². The topological polar surface area (TPSA) is 79.2 Å². The van der Waals surface area contributed by atoms with Gasteiger partial charge >= 0.3 is 0 Å². The van der Waals surface area contributed by atoms with Crippen LogP contribution in [-0.4, -0.2) is 63.5 Å². The summed E-state index contributed by atoms with van der Waals surface area (Å²) in [6, 6.07) is 9.79. The van der Waals surface area contributed by atoms with Crippen molar-refractivity contribution < 1.29 is 4.79 Å². The molecule has 0 spiro atoms. The minimum atomic E-state index is 0.0195. The molecular weight excluding hydrogens is 374 g/mol. The van der Waals surface area contributed by atoms with Crippen molar-refractivity contribution >= 4 is 28.9 Å². The number of piperazine rings is 1. The van der Waals surface area contributed by atoms with E-state index in [0.29, 0.717) is 18.8 Å². The maximum Gasteiger partial charge on any atom is 0.272 e. The first kappa shape index (κ1) is 18.4. The predicted molar refractivity (Wildman–Crippen MR) is 111 cm³/mol. The van der Waals surface area contributed by atoms with Gasteiger partial charge < -0.3 is 15.1 Å². The third-order valence-electron chi connectivity index (χ3n) is 4.77. The Hall–Kier alpha value is -2.94. The average Bonchev–Trinajstić information content (AvgIpc) is 3.38. The van der Waals surface area contributed by atoms with Crippen LogP contribution in [0.4, 0.5) is 11.6 Å². The van der Waals surface area contributed by atoms with Gasteiger partial charge in [-0.05, 0) is 36.6 Å². The second kappa shape index (κ2) is 7.97. The number of nitrogens with one attached hydrogen (secondary N) is 1. The molecule has 4 rings (SSSR count). The summed E-state index contributed by atoms with van der Waals surface area (Å²) in [5.41, 5.74) is 1.46. The second-order valence-electron chi connectivity index (χ2n) is 6.60. The highest BCUT2D eigenvalue weighted by Crippen LogP contribution is 2.24. The maximum atomic E-state index is 13.0. The number of thiophene rings is 1. The van der Waals surface area contributed by atoms with Gasteiger partial charge in [-0.2, -0.15) is 5.10 Å². The van der Waals surface area contributed by atoms with Crippen molar-refractivity contribution in [2.45, 2.75) is 6.92 Å². The molecule has 0 unspecified atom stereocenters. The molecule has 0 bridgehead atoms. The van der Waals surface area contributed by atoms with Gasteiger partial charge in [-0.25, -0.2) is 0 Å². The molecule has 4 heterocycles. The highest BCUT2D eigenvalue weighted by atomic mass is 32.1. The maximum absolute atomic E-state index is 13.0. The van der Waals surface area contributed by atoms with Crippen molar-refractivity contribution in [1.82, 2.24) is 24.9 Å². The van der Waals surface area contributed by atoms with Gasteiger partial charge in [0.1, 0.15) is 17.2 Å². The van der Waals surface area contributed by atoms with E-state index < -0.39 is 0 Å². The van der Waals surface area contributed by atoms with E-state index in [4.69, 9.17) is 0 Å². The summed E-state index contributed by atoms with van der Waals surface area (Å²) < 4.78 is 1.68. The molecule has 1 aliphatic rings. The Morgan fingerprint density at radius 1 is 1.18 bits per heavy atom. The molecule has 0 aromatic carbocycles. The van der Waals surface area contributed by atoms with E-state index in [0.717, 1.165) is 41.8 Å². The first-order valence-corrected chi connectivity index (χ1v) is 10.2. The van der Waals surface area contributed by atoms with Gasteiger partial charge in [0.05, 0.1) is 4.88 Å². The van der Waals surface area contributed by atoms with E-state index >= 15 is 0 Å². The molecule has 9 heteroatoms. The summed E-state index contributed by atoms with van der Waals surface area (Å²) >= 11 is 1.62. The summed E-state index contributed by atoms with van der Waals surface area (Å²) in [5.74, 6) is 1.64. The number of carbonyl (C=O) groups excluding carboxylic acids is 1. The summed E-state index contributed by atoms with van der Waals surface area (Å²) in [5, 5.41) is 18.1. The van der Waals surface area contributed by atoms with Crippen molar-refractivity contribution in [2.24, 2.45) is 7.05 Å². The lowest BCUT2D eigenvalue weighted by Gasteiger charge is -2.35. The number of rotatable bonds is 5. The average molecular weight is 398 g/mol. The van der Waals surface area contributed by atoms with Gasteiger partial charge in [0.25, 0.3) is 5.91 Å². The SMILES string of the molecule is CCNc1ccc(N2CCN(C(=O)c3cc(-c4cccs4)nn3C)CC2)nn1. The molecule has 0 radical (unpaired) electrons. The molecule has 1 saturated heterocycles. The molecular formula is C19H23N7OS. The lowest BCUT2D eigenvalue weighted by atomic mass is 10.2. The van der Waals surface area contributed by atoms with Crippen LogP contribution < -0.4 is 10.2 Å². The predicted octanol–water partition coefficient (Wildman–Crippen LogP) is 2.33. The molecule has 1 fully saturated rings. The van der Waals surface area contributed by atoms with Crippen LogP contribution in [0, 0.1) is 0 Å². The summed E-state index contributed by atoms with van der Waals surface area (Å²) in [7, 11) is 1.82. The first-order chi connectivity index (χ1) is 13.7. The molecule has 3 aromatic heterocycles. The number of nitrogens with zero attached hydrogens (tertiary/aromatic N) is 6. The molecule has 0 aliphatic carbocycles. The van der Waals surface area contributed by atoms with Crippen LogP contribution in [0.15, 0.2) is 35.7 Å². The number of hydrogen-bond acceptors (Lipinski definition) is 7.